The van der Waals surface area contributed by atoms with Gasteiger partial charge in [-0.15, -0.1) is 0 Å². The van der Waals surface area contributed by atoms with Gasteiger partial charge < -0.3 is 0 Å². The highest BCUT2D eigenvalue weighted by atomic mass is 35.5. The summed E-state index contributed by atoms with van der Waals surface area (Å²) in [5, 5.41) is -0.154. The molecule has 0 heterocycles. The summed E-state index contributed by atoms with van der Waals surface area (Å²) < 4.78 is 0. The van der Waals surface area contributed by atoms with Crippen molar-refractivity contribution in [3.8, 4) is 0 Å². The molecule has 0 radical (unpaired) electrons. The molecule has 1 aliphatic rings. The molecule has 1 aliphatic carbocycles. The summed E-state index contributed by atoms with van der Waals surface area (Å²) in [6, 6.07) is 0. The van der Waals surface area contributed by atoms with E-state index in [-0.39, 0.29) is 5.24 Å². The number of halogens is 1. The van der Waals surface area contributed by atoms with Crippen molar-refractivity contribution in [2.24, 2.45) is 11.8 Å². The van der Waals surface area contributed by atoms with Crippen LogP contribution < -0.4 is 0 Å². The molecule has 1 nitrogen and oxygen atoms in total. The minimum absolute atomic E-state index is 0.154. The first-order chi connectivity index (χ1) is 6.22. The van der Waals surface area contributed by atoms with Crippen molar-refractivity contribution < 1.29 is 4.79 Å². The molecule has 0 aliphatic heterocycles. The number of carbonyl (C=O) groups excluding carboxylic acids is 1. The van der Waals surface area contributed by atoms with Crippen LogP contribution in [0.15, 0.2) is 0 Å². The smallest absolute Gasteiger partial charge is 0.221 e. The summed E-state index contributed by atoms with van der Waals surface area (Å²) in [5.41, 5.74) is 0. The Morgan fingerprint density at radius 3 is 2.23 bits per heavy atom. The van der Waals surface area contributed by atoms with E-state index in [0.717, 1.165) is 5.92 Å². The summed E-state index contributed by atoms with van der Waals surface area (Å²) in [6.07, 6.45) is 8.29. The molecule has 0 amide bonds. The topological polar surface area (TPSA) is 17.1 Å². The van der Waals surface area contributed by atoms with Crippen molar-refractivity contribution in [1.29, 1.82) is 0 Å². The van der Waals surface area contributed by atoms with Gasteiger partial charge in [0.1, 0.15) is 0 Å². The maximum atomic E-state index is 10.7. The van der Waals surface area contributed by atoms with Crippen molar-refractivity contribution in [2.45, 2.75) is 51.9 Å². The van der Waals surface area contributed by atoms with Crippen LogP contribution in [0.2, 0.25) is 0 Å². The Hall–Kier alpha value is -0.0400. The van der Waals surface area contributed by atoms with Crippen LogP contribution in [0.4, 0.5) is 0 Å². The first-order valence-corrected chi connectivity index (χ1v) is 5.78. The fourth-order valence-corrected chi connectivity index (χ4v) is 2.58. The van der Waals surface area contributed by atoms with E-state index in [1.54, 1.807) is 0 Å². The zero-order chi connectivity index (χ0) is 9.68. The highest BCUT2D eigenvalue weighted by Gasteiger charge is 2.21. The molecular formula is C11H19ClO. The Balaban J connectivity index is 2.18. The zero-order valence-corrected chi connectivity index (χ0v) is 9.15. The Labute approximate surface area is 85.8 Å². The van der Waals surface area contributed by atoms with Crippen LogP contribution in [0.3, 0.4) is 0 Å². The molecule has 76 valence electrons. The molecule has 0 N–H and O–H groups in total. The van der Waals surface area contributed by atoms with Crippen LogP contribution >= 0.6 is 11.6 Å². The van der Waals surface area contributed by atoms with Crippen molar-refractivity contribution in [2.75, 3.05) is 0 Å². The minimum atomic E-state index is -0.154. The number of hydrogen-bond donors (Lipinski definition) is 0. The molecule has 0 bridgehead atoms. The van der Waals surface area contributed by atoms with Crippen molar-refractivity contribution in [1.82, 2.24) is 0 Å². The lowest BCUT2D eigenvalue weighted by Crippen LogP contribution is -2.15. The summed E-state index contributed by atoms with van der Waals surface area (Å²) in [5.74, 6) is 1.50. The van der Waals surface area contributed by atoms with E-state index >= 15 is 0 Å². The van der Waals surface area contributed by atoms with E-state index in [1.807, 2.05) is 0 Å². The first kappa shape index (κ1) is 11.0. The molecule has 0 unspecified atom stereocenters. The average molecular weight is 203 g/mol. The first-order valence-electron chi connectivity index (χ1n) is 5.40. The lowest BCUT2D eigenvalue weighted by molar-refractivity contribution is -0.112. The second-order valence-electron chi connectivity index (χ2n) is 4.23. The molecule has 0 aromatic rings. The van der Waals surface area contributed by atoms with Gasteiger partial charge >= 0.3 is 0 Å². The molecule has 1 rings (SSSR count). The van der Waals surface area contributed by atoms with E-state index in [9.17, 15) is 4.79 Å². The van der Waals surface area contributed by atoms with Crippen molar-refractivity contribution in [3.05, 3.63) is 0 Å². The molecule has 0 aromatic heterocycles. The quantitative estimate of drug-likeness (QED) is 0.635. The second-order valence-corrected chi connectivity index (χ2v) is 4.66. The third-order valence-corrected chi connectivity index (χ3v) is 3.27. The lowest BCUT2D eigenvalue weighted by atomic mass is 9.79. The lowest BCUT2D eigenvalue weighted by Gasteiger charge is -2.27. The predicted molar refractivity (Wildman–Crippen MR) is 55.8 cm³/mol. The van der Waals surface area contributed by atoms with Crippen molar-refractivity contribution >= 4 is 16.8 Å². The van der Waals surface area contributed by atoms with E-state index < -0.39 is 0 Å². The molecule has 1 saturated carbocycles. The van der Waals surface area contributed by atoms with Gasteiger partial charge in [-0.1, -0.05) is 32.6 Å². The normalized spacial score (nSPS) is 28.8. The molecule has 2 heteroatoms. The van der Waals surface area contributed by atoms with Gasteiger partial charge in [-0.05, 0) is 36.3 Å². The van der Waals surface area contributed by atoms with Crippen LogP contribution in [0, 0.1) is 11.8 Å². The summed E-state index contributed by atoms with van der Waals surface area (Å²) in [6.45, 7) is 2.24. The van der Waals surface area contributed by atoms with Gasteiger partial charge in [-0.25, -0.2) is 0 Å². The van der Waals surface area contributed by atoms with Gasteiger partial charge in [0.15, 0.2) is 0 Å². The van der Waals surface area contributed by atoms with Crippen LogP contribution in [-0.4, -0.2) is 5.24 Å². The average Bonchev–Trinajstić information content (AvgIpc) is 2.08. The zero-order valence-electron chi connectivity index (χ0n) is 8.39. The van der Waals surface area contributed by atoms with Crippen LogP contribution in [0.25, 0.3) is 0 Å². The van der Waals surface area contributed by atoms with Gasteiger partial charge in [0.2, 0.25) is 5.24 Å². The molecule has 0 aromatic carbocycles. The monoisotopic (exact) mass is 202 g/mol. The third kappa shape index (κ3) is 4.12. The third-order valence-electron chi connectivity index (χ3n) is 3.11. The molecule has 0 atom stereocenters. The van der Waals surface area contributed by atoms with Gasteiger partial charge in [0.05, 0.1) is 0 Å². The van der Waals surface area contributed by atoms with Crippen molar-refractivity contribution in [3.63, 3.8) is 0 Å². The fraction of sp³-hybridized carbons (Fsp3) is 0.909. The van der Waals surface area contributed by atoms with Crippen LogP contribution in [-0.2, 0) is 4.79 Å². The highest BCUT2D eigenvalue weighted by Crippen LogP contribution is 2.33. The number of carbonyl (C=O) groups is 1. The second kappa shape index (κ2) is 5.64. The Morgan fingerprint density at radius 2 is 1.77 bits per heavy atom. The predicted octanol–water partition coefficient (Wildman–Crippen LogP) is 3.75. The maximum Gasteiger partial charge on any atom is 0.221 e. The molecule has 0 saturated heterocycles. The molecule has 0 spiro atoms. The van der Waals surface area contributed by atoms with Gasteiger partial charge in [-0.3, -0.25) is 4.79 Å². The Kier molecular flexibility index (Phi) is 4.79. The SMILES string of the molecule is CCC[C@H]1CC[C@H](CC(=O)Cl)CC1. The van der Waals surface area contributed by atoms with Gasteiger partial charge in [0.25, 0.3) is 0 Å². The summed E-state index contributed by atoms with van der Waals surface area (Å²) in [7, 11) is 0. The summed E-state index contributed by atoms with van der Waals surface area (Å²) >= 11 is 5.37. The fourth-order valence-electron chi connectivity index (χ4n) is 2.36. The standard InChI is InChI=1S/C11H19ClO/c1-2-3-9-4-6-10(7-5-9)8-11(12)13/h9-10H,2-8H2,1H3/t9-,10-. The summed E-state index contributed by atoms with van der Waals surface area (Å²) in [4.78, 5) is 10.7. The number of hydrogen-bond acceptors (Lipinski definition) is 1. The maximum absolute atomic E-state index is 10.7. The van der Waals surface area contributed by atoms with E-state index in [4.69, 9.17) is 11.6 Å². The van der Waals surface area contributed by atoms with Crippen LogP contribution in [0.1, 0.15) is 51.9 Å². The molecule has 1 fully saturated rings. The largest absolute Gasteiger partial charge is 0.281 e. The molecular weight excluding hydrogens is 184 g/mol. The van der Waals surface area contributed by atoms with E-state index in [1.165, 1.54) is 38.5 Å². The Morgan fingerprint density at radius 1 is 1.23 bits per heavy atom. The minimum Gasteiger partial charge on any atom is -0.281 e. The van der Waals surface area contributed by atoms with E-state index in [2.05, 4.69) is 6.92 Å². The van der Waals surface area contributed by atoms with Gasteiger partial charge in [-0.2, -0.15) is 0 Å². The number of rotatable bonds is 4. The highest BCUT2D eigenvalue weighted by molar-refractivity contribution is 6.63. The van der Waals surface area contributed by atoms with Gasteiger partial charge in [0, 0.05) is 6.42 Å². The van der Waals surface area contributed by atoms with E-state index in [0.29, 0.717) is 12.3 Å². The van der Waals surface area contributed by atoms with Crippen LogP contribution in [0.5, 0.6) is 0 Å². The molecule has 13 heavy (non-hydrogen) atoms. The Bertz CT molecular complexity index is 159.